The maximum atomic E-state index is 12.5. The zero-order valence-corrected chi connectivity index (χ0v) is 15.9. The van der Waals surface area contributed by atoms with Crippen molar-refractivity contribution in [3.05, 3.63) is 70.3 Å². The molecule has 2 aliphatic rings. The van der Waals surface area contributed by atoms with Crippen LogP contribution >= 0.6 is 0 Å². The summed E-state index contributed by atoms with van der Waals surface area (Å²) >= 11 is 0. The minimum absolute atomic E-state index is 0.178. The minimum atomic E-state index is -0.178. The molecule has 2 aromatic carbocycles. The maximum absolute atomic E-state index is 12.5. The molecular weight excluding hydrogens is 338 g/mol. The van der Waals surface area contributed by atoms with Crippen molar-refractivity contribution in [2.45, 2.75) is 32.6 Å². The highest BCUT2D eigenvalue weighted by Gasteiger charge is 2.34. The summed E-state index contributed by atoms with van der Waals surface area (Å²) in [5.41, 5.74) is 6.27. The first-order valence-corrected chi connectivity index (χ1v) is 9.36. The van der Waals surface area contributed by atoms with Gasteiger partial charge in [-0.1, -0.05) is 30.7 Å². The number of hydrogen-bond donors (Lipinski definition) is 0. The number of nitrogens with zero attached hydrogens (tertiary/aromatic N) is 1. The lowest BCUT2D eigenvalue weighted by atomic mass is 9.99. The fourth-order valence-corrected chi connectivity index (χ4v) is 4.20. The van der Waals surface area contributed by atoms with E-state index in [9.17, 15) is 9.59 Å². The Labute approximate surface area is 159 Å². The molecule has 138 valence electrons. The number of ether oxygens (including phenoxy) is 1. The summed E-state index contributed by atoms with van der Waals surface area (Å²) in [6.45, 7) is 4.84. The zero-order chi connectivity index (χ0) is 19.1. The van der Waals surface area contributed by atoms with E-state index >= 15 is 0 Å². The van der Waals surface area contributed by atoms with Crippen LogP contribution in [0.25, 0.3) is 5.57 Å². The Balaban J connectivity index is 1.49. The number of fused-ring (bicyclic) bond motifs is 2. The first kappa shape index (κ1) is 17.5. The molecule has 0 radical (unpaired) electrons. The lowest BCUT2D eigenvalue weighted by Gasteiger charge is -2.15. The van der Waals surface area contributed by atoms with Crippen LogP contribution in [0.5, 0.6) is 5.75 Å². The van der Waals surface area contributed by atoms with Crippen LogP contribution in [0, 0.1) is 0 Å². The van der Waals surface area contributed by atoms with Crippen molar-refractivity contribution in [2.75, 3.05) is 13.7 Å². The molecule has 2 amide bonds. The quantitative estimate of drug-likeness (QED) is 0.728. The van der Waals surface area contributed by atoms with E-state index in [4.69, 9.17) is 4.74 Å². The molecule has 4 nitrogen and oxygen atoms in total. The van der Waals surface area contributed by atoms with E-state index in [1.807, 2.05) is 6.07 Å². The third kappa shape index (κ3) is 2.76. The van der Waals surface area contributed by atoms with Crippen LogP contribution in [0.1, 0.15) is 64.4 Å². The number of allylic oxidation sites excluding steroid dienone is 2. The maximum Gasteiger partial charge on any atom is 0.261 e. The Morgan fingerprint density at radius 2 is 1.67 bits per heavy atom. The first-order valence-electron chi connectivity index (χ1n) is 9.36. The highest BCUT2D eigenvalue weighted by atomic mass is 16.5. The van der Waals surface area contributed by atoms with E-state index in [1.54, 1.807) is 31.4 Å². The van der Waals surface area contributed by atoms with Gasteiger partial charge in [0.15, 0.2) is 0 Å². The van der Waals surface area contributed by atoms with Crippen molar-refractivity contribution in [1.29, 1.82) is 0 Å². The van der Waals surface area contributed by atoms with Crippen molar-refractivity contribution in [3.8, 4) is 5.75 Å². The monoisotopic (exact) mass is 361 g/mol. The summed E-state index contributed by atoms with van der Waals surface area (Å²) in [6, 6.07) is 13.3. The van der Waals surface area contributed by atoms with Crippen LogP contribution < -0.4 is 4.74 Å². The topological polar surface area (TPSA) is 46.6 Å². The fraction of sp³-hybridized carbons (Fsp3) is 0.304. The molecule has 1 heterocycles. The molecule has 0 saturated carbocycles. The molecule has 0 aromatic heterocycles. The van der Waals surface area contributed by atoms with Crippen molar-refractivity contribution in [2.24, 2.45) is 0 Å². The third-order valence-corrected chi connectivity index (χ3v) is 5.86. The second-order valence-corrected chi connectivity index (χ2v) is 7.25. The number of hydrogen-bond acceptors (Lipinski definition) is 3. The average molecular weight is 361 g/mol. The Morgan fingerprint density at radius 1 is 1.00 bits per heavy atom. The van der Waals surface area contributed by atoms with Crippen molar-refractivity contribution in [3.63, 3.8) is 0 Å². The fourth-order valence-electron chi connectivity index (χ4n) is 4.20. The van der Waals surface area contributed by atoms with Gasteiger partial charge in [0, 0.05) is 12.5 Å². The summed E-state index contributed by atoms with van der Waals surface area (Å²) in [5, 5.41) is 0. The van der Waals surface area contributed by atoms with E-state index < -0.39 is 0 Å². The zero-order valence-electron chi connectivity index (χ0n) is 15.9. The van der Waals surface area contributed by atoms with Crippen LogP contribution in [0.2, 0.25) is 0 Å². The molecule has 4 rings (SSSR count). The lowest BCUT2D eigenvalue weighted by Crippen LogP contribution is -2.30. The molecule has 1 unspecified atom stereocenters. The minimum Gasteiger partial charge on any atom is -0.497 e. The highest BCUT2D eigenvalue weighted by molar-refractivity contribution is 6.21. The van der Waals surface area contributed by atoms with Gasteiger partial charge in [0.2, 0.25) is 0 Å². The van der Waals surface area contributed by atoms with Gasteiger partial charge in [-0.05, 0) is 60.7 Å². The number of carbonyl (C=O) groups excluding carboxylic acids is 2. The van der Waals surface area contributed by atoms with Crippen molar-refractivity contribution in [1.82, 2.24) is 4.90 Å². The van der Waals surface area contributed by atoms with Crippen molar-refractivity contribution >= 4 is 17.4 Å². The van der Waals surface area contributed by atoms with Gasteiger partial charge in [-0.2, -0.15) is 0 Å². The normalized spacial score (nSPS) is 18.2. The Hall–Kier alpha value is -2.88. The van der Waals surface area contributed by atoms with E-state index in [-0.39, 0.29) is 11.8 Å². The Bertz CT molecular complexity index is 938. The molecule has 0 N–H and O–H groups in total. The molecule has 0 fully saturated rings. The predicted molar refractivity (Wildman–Crippen MR) is 105 cm³/mol. The van der Waals surface area contributed by atoms with Gasteiger partial charge >= 0.3 is 0 Å². The van der Waals surface area contributed by atoms with Gasteiger partial charge in [-0.3, -0.25) is 14.5 Å². The number of methoxy groups -OCH3 is 1. The second kappa shape index (κ2) is 6.69. The summed E-state index contributed by atoms with van der Waals surface area (Å²) in [7, 11) is 1.68. The molecular formula is C23H23NO3. The second-order valence-electron chi connectivity index (χ2n) is 7.25. The van der Waals surface area contributed by atoms with E-state index in [2.05, 4.69) is 26.0 Å². The number of rotatable bonds is 5. The Kier molecular flexibility index (Phi) is 4.34. The van der Waals surface area contributed by atoms with E-state index in [0.717, 1.165) is 18.6 Å². The van der Waals surface area contributed by atoms with Crippen LogP contribution in [0.15, 0.2) is 48.0 Å². The molecule has 2 aromatic rings. The number of carbonyl (C=O) groups is 2. The summed E-state index contributed by atoms with van der Waals surface area (Å²) in [5.74, 6) is 0.889. The number of benzene rings is 2. The molecule has 1 aliphatic heterocycles. The SMILES string of the molecule is COc1ccc2c(c1)C(CCCN1C(=O)c3ccccc3C1=O)=C(C)C2C. The summed E-state index contributed by atoms with van der Waals surface area (Å²) in [6.07, 6.45) is 1.59. The summed E-state index contributed by atoms with van der Waals surface area (Å²) in [4.78, 5) is 26.4. The van der Waals surface area contributed by atoms with Gasteiger partial charge in [0.05, 0.1) is 18.2 Å². The molecule has 4 heteroatoms. The highest BCUT2D eigenvalue weighted by Crippen LogP contribution is 2.44. The summed E-state index contributed by atoms with van der Waals surface area (Å²) < 4.78 is 5.39. The largest absolute Gasteiger partial charge is 0.497 e. The van der Waals surface area contributed by atoms with Crippen LogP contribution in [0.3, 0.4) is 0 Å². The molecule has 1 aliphatic carbocycles. The smallest absolute Gasteiger partial charge is 0.261 e. The molecule has 0 saturated heterocycles. The third-order valence-electron chi connectivity index (χ3n) is 5.86. The number of amides is 2. The van der Waals surface area contributed by atoms with Gasteiger partial charge < -0.3 is 4.74 Å². The Morgan fingerprint density at radius 3 is 2.30 bits per heavy atom. The average Bonchev–Trinajstić information content (AvgIpc) is 3.08. The number of imide groups is 1. The van der Waals surface area contributed by atoms with Crippen molar-refractivity contribution < 1.29 is 14.3 Å². The van der Waals surface area contributed by atoms with Gasteiger partial charge in [-0.25, -0.2) is 0 Å². The first-order chi connectivity index (χ1) is 13.0. The molecule has 0 bridgehead atoms. The lowest BCUT2D eigenvalue weighted by molar-refractivity contribution is 0.0653. The van der Waals surface area contributed by atoms with E-state index in [1.165, 1.54) is 27.2 Å². The van der Waals surface area contributed by atoms with Gasteiger partial charge in [0.1, 0.15) is 5.75 Å². The van der Waals surface area contributed by atoms with Gasteiger partial charge in [-0.15, -0.1) is 0 Å². The van der Waals surface area contributed by atoms with Gasteiger partial charge in [0.25, 0.3) is 11.8 Å². The predicted octanol–water partition coefficient (Wildman–Crippen LogP) is 4.66. The van der Waals surface area contributed by atoms with Crippen LogP contribution in [-0.4, -0.2) is 30.4 Å². The van der Waals surface area contributed by atoms with Crippen LogP contribution in [-0.2, 0) is 0 Å². The van der Waals surface area contributed by atoms with E-state index in [0.29, 0.717) is 23.6 Å². The molecule has 0 spiro atoms. The molecule has 27 heavy (non-hydrogen) atoms. The molecule has 1 atom stereocenters. The van der Waals surface area contributed by atoms with Crippen LogP contribution in [0.4, 0.5) is 0 Å². The standard InChI is InChI=1S/C23H23NO3/c1-14-15(2)18-11-10-16(27-3)13-21(18)17(14)9-6-12-24-22(25)19-7-4-5-8-20(19)23(24)26/h4-5,7-8,10-11,13,15H,6,9,12H2,1-3H3.